The number of anilines is 1. The van der Waals surface area contributed by atoms with Gasteiger partial charge in [0.2, 0.25) is 5.91 Å². The molecule has 0 saturated heterocycles. The number of carbonyl (C=O) groups excluding carboxylic acids is 1. The molecule has 2 aliphatic heterocycles. The molecule has 3 aliphatic rings. The van der Waals surface area contributed by atoms with E-state index in [2.05, 4.69) is 79.1 Å². The number of ether oxygens (including phenoxy) is 1. The molecule has 2 aromatic rings. The van der Waals surface area contributed by atoms with Gasteiger partial charge >= 0.3 is 0 Å². The van der Waals surface area contributed by atoms with Gasteiger partial charge in [0.05, 0.1) is 12.3 Å². The Bertz CT molecular complexity index is 1120. The molecule has 0 aromatic heterocycles. The third-order valence-electron chi connectivity index (χ3n) is 8.34. The van der Waals surface area contributed by atoms with Crippen molar-refractivity contribution in [1.29, 1.82) is 0 Å². The zero-order chi connectivity index (χ0) is 25.8. The first-order valence-corrected chi connectivity index (χ1v) is 14.6. The van der Waals surface area contributed by atoms with Crippen LogP contribution in [0.15, 0.2) is 48.6 Å². The van der Waals surface area contributed by atoms with Gasteiger partial charge in [0.1, 0.15) is 5.75 Å². The lowest BCUT2D eigenvalue weighted by molar-refractivity contribution is -0.131. The highest BCUT2D eigenvalue weighted by Crippen LogP contribution is 2.39. The average Bonchev–Trinajstić information content (AvgIpc) is 3.73. The molecular formula is C33H44N2O2. The predicted octanol–water partition coefficient (Wildman–Crippen LogP) is 7.15. The lowest BCUT2D eigenvalue weighted by Gasteiger charge is -2.28. The summed E-state index contributed by atoms with van der Waals surface area (Å²) in [6.45, 7) is 10.1. The van der Waals surface area contributed by atoms with Gasteiger partial charge in [0.15, 0.2) is 0 Å². The second kappa shape index (κ2) is 11.8. The Morgan fingerprint density at radius 3 is 2.73 bits per heavy atom. The highest BCUT2D eigenvalue weighted by molar-refractivity contribution is 5.78. The van der Waals surface area contributed by atoms with Gasteiger partial charge in [-0.05, 0) is 80.2 Å². The second-order valence-electron chi connectivity index (χ2n) is 11.5. The maximum Gasteiger partial charge on any atom is 0.223 e. The Balaban J connectivity index is 1.44. The molecule has 1 fully saturated rings. The fourth-order valence-electron chi connectivity index (χ4n) is 6.04. The van der Waals surface area contributed by atoms with Crippen LogP contribution >= 0.6 is 0 Å². The number of aryl methyl sites for hydroxylation is 2. The predicted molar refractivity (Wildman–Crippen MR) is 153 cm³/mol. The number of hydrogen-bond acceptors (Lipinski definition) is 3. The molecule has 2 unspecified atom stereocenters. The molecule has 1 amide bonds. The van der Waals surface area contributed by atoms with Crippen LogP contribution in [0.1, 0.15) is 92.9 Å². The van der Waals surface area contributed by atoms with E-state index < -0.39 is 0 Å². The SMILES string of the molecule is CCCc1cc(C)ccc1C1COc2ccc3cc2N(CCCC/C=C/CN(C2CC2)C(=O)CC3C)C1. The third kappa shape index (κ3) is 6.22. The highest BCUT2D eigenvalue weighted by atomic mass is 16.5. The summed E-state index contributed by atoms with van der Waals surface area (Å²) in [6, 6.07) is 14.1. The first-order valence-electron chi connectivity index (χ1n) is 14.6. The van der Waals surface area contributed by atoms with E-state index in [0.717, 1.165) is 70.3 Å². The van der Waals surface area contributed by atoms with Crippen molar-refractivity contribution in [2.75, 3.05) is 31.1 Å². The zero-order valence-electron chi connectivity index (χ0n) is 23.0. The lowest BCUT2D eigenvalue weighted by atomic mass is 9.90. The molecule has 0 N–H and O–H groups in total. The normalized spacial score (nSPS) is 24.0. The van der Waals surface area contributed by atoms with Crippen LogP contribution in [0.25, 0.3) is 0 Å². The molecule has 2 aromatic carbocycles. The number of allylic oxidation sites excluding steroid dienone is 1. The minimum Gasteiger partial charge on any atom is -0.491 e. The summed E-state index contributed by atoms with van der Waals surface area (Å²) in [5.41, 5.74) is 6.69. The van der Waals surface area contributed by atoms with Crippen LogP contribution in [0.5, 0.6) is 5.75 Å². The van der Waals surface area contributed by atoms with Crippen LogP contribution < -0.4 is 9.64 Å². The van der Waals surface area contributed by atoms with E-state index in [1.807, 2.05) is 0 Å². The molecule has 2 heterocycles. The first-order chi connectivity index (χ1) is 18.0. The van der Waals surface area contributed by atoms with Gasteiger partial charge in [0, 0.05) is 38.0 Å². The summed E-state index contributed by atoms with van der Waals surface area (Å²) < 4.78 is 6.51. The fourth-order valence-corrected chi connectivity index (χ4v) is 6.04. The Morgan fingerprint density at radius 2 is 1.92 bits per heavy atom. The largest absolute Gasteiger partial charge is 0.491 e. The van der Waals surface area contributed by atoms with Gasteiger partial charge < -0.3 is 14.5 Å². The monoisotopic (exact) mass is 500 g/mol. The van der Waals surface area contributed by atoms with Gasteiger partial charge in [-0.1, -0.05) is 62.2 Å². The summed E-state index contributed by atoms with van der Waals surface area (Å²) >= 11 is 0. The van der Waals surface area contributed by atoms with Crippen molar-refractivity contribution in [2.24, 2.45) is 0 Å². The van der Waals surface area contributed by atoms with Gasteiger partial charge in [0.25, 0.3) is 0 Å². The first kappa shape index (κ1) is 25.9. The average molecular weight is 501 g/mol. The molecule has 4 heteroatoms. The lowest BCUT2D eigenvalue weighted by Crippen LogP contribution is -2.34. The van der Waals surface area contributed by atoms with Gasteiger partial charge in [-0.15, -0.1) is 0 Å². The van der Waals surface area contributed by atoms with Crippen molar-refractivity contribution in [3.63, 3.8) is 0 Å². The van der Waals surface area contributed by atoms with Crippen LogP contribution in [0, 0.1) is 6.92 Å². The van der Waals surface area contributed by atoms with E-state index in [1.165, 1.54) is 27.9 Å². The summed E-state index contributed by atoms with van der Waals surface area (Å²) in [5.74, 6) is 1.80. The number of benzene rings is 2. The van der Waals surface area contributed by atoms with Crippen molar-refractivity contribution in [3.8, 4) is 5.75 Å². The van der Waals surface area contributed by atoms with E-state index in [-0.39, 0.29) is 5.92 Å². The quantitative estimate of drug-likeness (QED) is 0.418. The Morgan fingerprint density at radius 1 is 1.05 bits per heavy atom. The van der Waals surface area contributed by atoms with E-state index in [4.69, 9.17) is 4.74 Å². The molecule has 198 valence electrons. The van der Waals surface area contributed by atoms with Crippen molar-refractivity contribution in [1.82, 2.24) is 4.90 Å². The Kier molecular flexibility index (Phi) is 8.22. The molecule has 2 bridgehead atoms. The van der Waals surface area contributed by atoms with Crippen molar-refractivity contribution < 1.29 is 9.53 Å². The van der Waals surface area contributed by atoms with Gasteiger partial charge in [-0.3, -0.25) is 4.79 Å². The molecule has 0 radical (unpaired) electrons. The van der Waals surface area contributed by atoms with Crippen LogP contribution in [0.2, 0.25) is 0 Å². The number of hydrogen-bond donors (Lipinski definition) is 0. The summed E-state index contributed by atoms with van der Waals surface area (Å²) in [4.78, 5) is 17.9. The van der Waals surface area contributed by atoms with Crippen molar-refractivity contribution in [3.05, 3.63) is 70.8 Å². The van der Waals surface area contributed by atoms with Crippen molar-refractivity contribution in [2.45, 2.75) is 90.0 Å². The molecule has 5 rings (SSSR count). The van der Waals surface area contributed by atoms with E-state index in [1.54, 1.807) is 0 Å². The summed E-state index contributed by atoms with van der Waals surface area (Å²) in [7, 11) is 0. The molecule has 37 heavy (non-hydrogen) atoms. The van der Waals surface area contributed by atoms with Crippen LogP contribution in [0.4, 0.5) is 5.69 Å². The molecule has 4 nitrogen and oxygen atoms in total. The Hall–Kier alpha value is -2.75. The third-order valence-corrected chi connectivity index (χ3v) is 8.34. The molecule has 2 atom stereocenters. The van der Waals surface area contributed by atoms with E-state index in [0.29, 0.717) is 30.9 Å². The number of nitrogens with zero attached hydrogens (tertiary/aromatic N) is 2. The standard InChI is InChI=1S/C33H44N2O2/c1-4-10-27-19-24(2)11-15-30(27)28-22-34-17-8-6-5-7-9-18-35(29-13-14-29)33(36)20-25(3)26-12-16-32(37-23-28)31(34)21-26/h7,9,11-12,15-16,19,21,25,28-29H,4-6,8,10,13-14,17-18,20,22-23H2,1-3H3/b9-7+. The van der Waals surface area contributed by atoms with Crippen molar-refractivity contribution >= 4 is 11.6 Å². The van der Waals surface area contributed by atoms with E-state index >= 15 is 0 Å². The van der Waals surface area contributed by atoms with Gasteiger partial charge in [-0.2, -0.15) is 0 Å². The Labute approximate surface area is 223 Å². The maximum atomic E-state index is 13.3. The highest BCUT2D eigenvalue weighted by Gasteiger charge is 2.33. The minimum absolute atomic E-state index is 0.183. The van der Waals surface area contributed by atoms with Gasteiger partial charge in [-0.25, -0.2) is 0 Å². The van der Waals surface area contributed by atoms with E-state index in [9.17, 15) is 4.79 Å². The molecule has 1 saturated carbocycles. The zero-order valence-corrected chi connectivity index (χ0v) is 23.0. The number of amides is 1. The number of rotatable bonds is 4. The summed E-state index contributed by atoms with van der Waals surface area (Å²) in [5, 5.41) is 0. The smallest absolute Gasteiger partial charge is 0.223 e. The molecule has 0 spiro atoms. The number of carbonyl (C=O) groups is 1. The number of fused-ring (bicyclic) bond motifs is 1. The molecule has 1 aliphatic carbocycles. The maximum absolute atomic E-state index is 13.3. The minimum atomic E-state index is 0.183. The molecular weight excluding hydrogens is 456 g/mol. The van der Waals surface area contributed by atoms with Crippen LogP contribution in [0.3, 0.4) is 0 Å². The van der Waals surface area contributed by atoms with Crippen LogP contribution in [-0.2, 0) is 11.2 Å². The topological polar surface area (TPSA) is 32.8 Å². The summed E-state index contributed by atoms with van der Waals surface area (Å²) in [6.07, 6.45) is 13.0. The fraction of sp³-hybridized carbons (Fsp3) is 0.545. The van der Waals surface area contributed by atoms with Crippen LogP contribution in [-0.4, -0.2) is 43.1 Å². The second-order valence-corrected chi connectivity index (χ2v) is 11.5.